The van der Waals surface area contributed by atoms with Crippen LogP contribution in [0.5, 0.6) is 0 Å². The van der Waals surface area contributed by atoms with Gasteiger partial charge in [0.2, 0.25) is 17.7 Å². The number of nitrogens with two attached hydrogens (primary N) is 1. The molecule has 0 spiro atoms. The number of amides is 3. The molecule has 0 rings (SSSR count). The summed E-state index contributed by atoms with van der Waals surface area (Å²) in [6, 6.07) is -3.67. The van der Waals surface area contributed by atoms with E-state index in [0.29, 0.717) is 5.75 Å². The Labute approximate surface area is 165 Å². The predicted octanol–water partition coefficient (Wildman–Crippen LogP) is -2.91. The van der Waals surface area contributed by atoms with Crippen molar-refractivity contribution in [2.24, 2.45) is 5.73 Å². The number of aliphatic hydroxyl groups is 1. The number of carbonyl (C=O) groups is 5. The summed E-state index contributed by atoms with van der Waals surface area (Å²) in [5, 5.41) is 33.2. The van der Waals surface area contributed by atoms with Gasteiger partial charge in [-0.1, -0.05) is 0 Å². The number of carboxylic acid groups (broad SMARTS) is 2. The predicted molar refractivity (Wildman–Crippen MR) is 99.4 cm³/mol. The van der Waals surface area contributed by atoms with Gasteiger partial charge in [0, 0.05) is 6.42 Å². The van der Waals surface area contributed by atoms with Crippen LogP contribution in [0, 0.1) is 0 Å². The van der Waals surface area contributed by atoms with Crippen LogP contribution in [-0.2, 0) is 24.0 Å². The molecule has 8 N–H and O–H groups in total. The van der Waals surface area contributed by atoms with E-state index in [0.717, 1.165) is 0 Å². The minimum absolute atomic E-state index is 0.189. The summed E-state index contributed by atoms with van der Waals surface area (Å²) in [4.78, 5) is 57.8. The first-order valence-electron chi connectivity index (χ1n) is 8.29. The molecule has 12 nitrogen and oxygen atoms in total. The van der Waals surface area contributed by atoms with Gasteiger partial charge in [0.05, 0.1) is 6.61 Å². The molecule has 3 atom stereocenters. The fourth-order valence-electron chi connectivity index (χ4n) is 1.96. The molecule has 0 heterocycles. The molecule has 0 aliphatic carbocycles. The van der Waals surface area contributed by atoms with Crippen molar-refractivity contribution in [1.82, 2.24) is 16.0 Å². The summed E-state index contributed by atoms with van der Waals surface area (Å²) in [7, 11) is 0. The number of rotatable bonds is 14. The van der Waals surface area contributed by atoms with Gasteiger partial charge in [0.15, 0.2) is 0 Å². The maximum atomic E-state index is 12.5. The van der Waals surface area contributed by atoms with Gasteiger partial charge >= 0.3 is 11.9 Å². The molecule has 3 amide bonds. The third-order valence-electron chi connectivity index (χ3n) is 3.47. The van der Waals surface area contributed by atoms with Crippen LogP contribution in [-0.4, -0.2) is 88.3 Å². The molecule has 0 fully saturated rings. The summed E-state index contributed by atoms with van der Waals surface area (Å²) in [5.41, 5.74) is 5.37. The lowest BCUT2D eigenvalue weighted by molar-refractivity contribution is -0.138. The van der Waals surface area contributed by atoms with Crippen molar-refractivity contribution in [3.63, 3.8) is 0 Å². The third kappa shape index (κ3) is 10.7. The normalized spacial score (nSPS) is 13.7. The van der Waals surface area contributed by atoms with Crippen molar-refractivity contribution in [2.75, 3.05) is 25.2 Å². The lowest BCUT2D eigenvalue weighted by atomic mass is 10.1. The van der Waals surface area contributed by atoms with E-state index < -0.39 is 67.4 Å². The monoisotopic (exact) mass is 422 g/mol. The molecule has 0 saturated carbocycles. The Kier molecular flexibility index (Phi) is 12.6. The lowest BCUT2D eigenvalue weighted by Crippen LogP contribution is -2.56. The number of carboxylic acids is 2. The molecule has 0 aliphatic heterocycles. The number of carbonyl (C=O) groups excluding carboxylic acids is 3. The van der Waals surface area contributed by atoms with E-state index in [4.69, 9.17) is 21.1 Å². The Hall–Kier alpha value is -2.38. The fraction of sp³-hybridized carbons (Fsp3) is 0.667. The van der Waals surface area contributed by atoms with Gasteiger partial charge in [-0.2, -0.15) is 11.8 Å². The molecular formula is C15H26N4O8S. The van der Waals surface area contributed by atoms with Gasteiger partial charge in [0.25, 0.3) is 0 Å². The summed E-state index contributed by atoms with van der Waals surface area (Å²) >= 11 is 1.40. The third-order valence-corrected chi connectivity index (χ3v) is 4.11. The zero-order chi connectivity index (χ0) is 21.7. The number of thioether (sulfide) groups is 1. The van der Waals surface area contributed by atoms with Crippen LogP contribution in [0.15, 0.2) is 0 Å². The fourth-order valence-corrected chi connectivity index (χ4v) is 2.43. The smallest absolute Gasteiger partial charge is 0.322 e. The number of aliphatic hydroxyl groups excluding tert-OH is 1. The zero-order valence-electron chi connectivity index (χ0n) is 15.3. The van der Waals surface area contributed by atoms with Crippen LogP contribution in [0.4, 0.5) is 0 Å². The highest BCUT2D eigenvalue weighted by molar-refractivity contribution is 7.98. The van der Waals surface area contributed by atoms with Gasteiger partial charge in [-0.25, -0.2) is 0 Å². The quantitative estimate of drug-likeness (QED) is 0.152. The Morgan fingerprint density at radius 3 is 2.00 bits per heavy atom. The maximum absolute atomic E-state index is 12.5. The first-order chi connectivity index (χ1) is 13.1. The second kappa shape index (κ2) is 13.7. The molecule has 0 aromatic heterocycles. The van der Waals surface area contributed by atoms with Crippen molar-refractivity contribution in [2.45, 2.75) is 37.4 Å². The van der Waals surface area contributed by atoms with Crippen LogP contribution in [0.1, 0.15) is 19.3 Å². The van der Waals surface area contributed by atoms with E-state index in [1.165, 1.54) is 11.8 Å². The van der Waals surface area contributed by atoms with E-state index in [1.807, 2.05) is 0 Å². The highest BCUT2D eigenvalue weighted by Crippen LogP contribution is 2.04. The van der Waals surface area contributed by atoms with Crippen molar-refractivity contribution < 1.29 is 39.3 Å². The topological polar surface area (TPSA) is 208 Å². The van der Waals surface area contributed by atoms with E-state index in [1.54, 1.807) is 6.26 Å². The summed E-state index contributed by atoms with van der Waals surface area (Å²) in [5.74, 6) is -4.38. The SMILES string of the molecule is CSCCC(NC(=O)C(CCC(=O)O)NC(=O)C(N)CO)C(=O)NCC(=O)O. The molecule has 0 bridgehead atoms. The Balaban J connectivity index is 5.18. The minimum atomic E-state index is -1.30. The van der Waals surface area contributed by atoms with Gasteiger partial charge in [-0.05, 0) is 24.9 Å². The van der Waals surface area contributed by atoms with Crippen molar-refractivity contribution >= 4 is 41.4 Å². The molecule has 0 saturated heterocycles. The van der Waals surface area contributed by atoms with Crippen LogP contribution in [0.25, 0.3) is 0 Å². The van der Waals surface area contributed by atoms with Crippen molar-refractivity contribution in [3.8, 4) is 0 Å². The Morgan fingerprint density at radius 1 is 0.929 bits per heavy atom. The van der Waals surface area contributed by atoms with Crippen molar-refractivity contribution in [3.05, 3.63) is 0 Å². The number of hydrogen-bond donors (Lipinski definition) is 7. The first-order valence-corrected chi connectivity index (χ1v) is 9.69. The average molecular weight is 422 g/mol. The summed E-state index contributed by atoms with van der Waals surface area (Å²) < 4.78 is 0. The van der Waals surface area contributed by atoms with Gasteiger partial charge in [0.1, 0.15) is 24.7 Å². The van der Waals surface area contributed by atoms with E-state index in [-0.39, 0.29) is 12.8 Å². The van der Waals surface area contributed by atoms with E-state index >= 15 is 0 Å². The highest BCUT2D eigenvalue weighted by atomic mass is 32.2. The van der Waals surface area contributed by atoms with E-state index in [2.05, 4.69) is 16.0 Å². The molecule has 3 unspecified atom stereocenters. The van der Waals surface area contributed by atoms with Gasteiger partial charge in [-0.15, -0.1) is 0 Å². The van der Waals surface area contributed by atoms with Gasteiger partial charge in [-0.3, -0.25) is 24.0 Å². The van der Waals surface area contributed by atoms with E-state index in [9.17, 15) is 24.0 Å². The summed E-state index contributed by atoms with van der Waals surface area (Å²) in [6.07, 6.45) is 1.26. The standard InChI is InChI=1S/C15H26N4O8S/c1-28-5-4-10(14(26)17-6-12(23)24)19-15(27)9(2-3-11(21)22)18-13(25)8(16)7-20/h8-10,20H,2-7,16H2,1H3,(H,17,26)(H,18,25)(H,19,27)(H,21,22)(H,23,24). The average Bonchev–Trinajstić information content (AvgIpc) is 2.64. The van der Waals surface area contributed by atoms with Crippen molar-refractivity contribution in [1.29, 1.82) is 0 Å². The Bertz CT molecular complexity index is 574. The molecule has 0 aliphatic rings. The maximum Gasteiger partial charge on any atom is 0.322 e. The Morgan fingerprint density at radius 2 is 1.50 bits per heavy atom. The summed E-state index contributed by atoms with van der Waals surface area (Å²) in [6.45, 7) is -1.30. The molecule has 160 valence electrons. The molecule has 0 aromatic carbocycles. The minimum Gasteiger partial charge on any atom is -0.481 e. The molecule has 13 heteroatoms. The first kappa shape index (κ1) is 25.6. The van der Waals surface area contributed by atoms with Crippen LogP contribution >= 0.6 is 11.8 Å². The lowest BCUT2D eigenvalue weighted by Gasteiger charge is -2.23. The number of hydrogen-bond acceptors (Lipinski definition) is 8. The molecule has 28 heavy (non-hydrogen) atoms. The van der Waals surface area contributed by atoms with Crippen LogP contribution in [0.3, 0.4) is 0 Å². The second-order valence-corrected chi connectivity index (χ2v) is 6.72. The molecule has 0 aromatic rings. The van der Waals surface area contributed by atoms with Crippen LogP contribution in [0.2, 0.25) is 0 Å². The largest absolute Gasteiger partial charge is 0.481 e. The molecular weight excluding hydrogens is 396 g/mol. The number of nitrogens with one attached hydrogen (secondary N) is 3. The van der Waals surface area contributed by atoms with Gasteiger partial charge < -0.3 is 37.0 Å². The van der Waals surface area contributed by atoms with Crippen LogP contribution < -0.4 is 21.7 Å². The molecule has 0 radical (unpaired) electrons. The number of aliphatic carboxylic acids is 2. The second-order valence-electron chi connectivity index (χ2n) is 5.74. The zero-order valence-corrected chi connectivity index (χ0v) is 16.2. The highest BCUT2D eigenvalue weighted by Gasteiger charge is 2.28.